The van der Waals surface area contributed by atoms with Crippen molar-refractivity contribution >= 4 is 5.97 Å². The second kappa shape index (κ2) is 10.3. The monoisotopic (exact) mass is 336 g/mol. The maximum absolute atomic E-state index is 11.2. The summed E-state index contributed by atoms with van der Waals surface area (Å²) in [4.78, 5) is 11.2. The third kappa shape index (κ3) is 5.80. The highest BCUT2D eigenvalue weighted by Crippen LogP contribution is 2.26. The summed E-state index contributed by atoms with van der Waals surface area (Å²) < 4.78 is 10.9. The van der Waals surface area contributed by atoms with Gasteiger partial charge in [0.1, 0.15) is 17.8 Å². The van der Waals surface area contributed by atoms with E-state index < -0.39 is 0 Å². The van der Waals surface area contributed by atoms with E-state index in [4.69, 9.17) is 19.7 Å². The first kappa shape index (κ1) is 18.7. The Balaban J connectivity index is 1.65. The molecule has 1 aliphatic heterocycles. The highest BCUT2D eigenvalue weighted by molar-refractivity contribution is 5.78. The second-order valence-corrected chi connectivity index (χ2v) is 6.29. The van der Waals surface area contributed by atoms with Crippen LogP contribution < -0.4 is 4.74 Å². The van der Waals surface area contributed by atoms with E-state index in [1.165, 1.54) is 0 Å². The topological polar surface area (TPSA) is 76.0 Å². The van der Waals surface area contributed by atoms with Crippen molar-refractivity contribution < 1.29 is 24.5 Å². The number of cyclic esters (lactones) is 1. The molecule has 1 heterocycles. The molecule has 2 rings (SSSR count). The van der Waals surface area contributed by atoms with E-state index in [1.807, 2.05) is 24.3 Å². The van der Waals surface area contributed by atoms with Crippen LogP contribution in [0.25, 0.3) is 0 Å². The number of carbonyl (C=O) groups excluding carboxylic acids is 1. The molecule has 1 saturated heterocycles. The third-order valence-corrected chi connectivity index (χ3v) is 4.40. The van der Waals surface area contributed by atoms with Gasteiger partial charge >= 0.3 is 5.97 Å². The number of hydrogen-bond acceptors (Lipinski definition) is 5. The molecule has 0 unspecified atom stereocenters. The van der Waals surface area contributed by atoms with E-state index in [0.29, 0.717) is 6.61 Å². The first-order valence-corrected chi connectivity index (χ1v) is 8.88. The molecule has 0 amide bonds. The molecule has 0 aromatic heterocycles. The Kier molecular flexibility index (Phi) is 8.05. The van der Waals surface area contributed by atoms with Gasteiger partial charge in [-0.05, 0) is 43.4 Å². The molecular weight excluding hydrogens is 308 g/mol. The number of aliphatic hydroxyl groups excluding tert-OH is 2. The van der Waals surface area contributed by atoms with E-state index in [1.54, 1.807) is 0 Å². The predicted octanol–water partition coefficient (Wildman–Crippen LogP) is 2.47. The lowest BCUT2D eigenvalue weighted by molar-refractivity contribution is -0.188. The zero-order valence-corrected chi connectivity index (χ0v) is 14.2. The fourth-order valence-electron chi connectivity index (χ4n) is 2.88. The van der Waals surface area contributed by atoms with Crippen molar-refractivity contribution in [2.45, 2.75) is 51.0 Å². The van der Waals surface area contributed by atoms with Gasteiger partial charge in [0.05, 0.1) is 13.2 Å². The third-order valence-electron chi connectivity index (χ3n) is 4.40. The standard InChI is InChI=1S/C19H28O5/c20-11-4-2-1-3-5-12-23-16-8-6-7-15(13-16)9-10-18-17(14-21)19(22)24-18/h6-8,13,17-18,20-21H,1-5,9-12,14H2/t17-,18-/m0/s1. The number of esters is 1. The van der Waals surface area contributed by atoms with Gasteiger partial charge in [-0.2, -0.15) is 0 Å². The van der Waals surface area contributed by atoms with E-state index in [-0.39, 0.29) is 31.2 Å². The number of ether oxygens (including phenoxy) is 2. The molecule has 0 aliphatic carbocycles. The smallest absolute Gasteiger partial charge is 0.315 e. The van der Waals surface area contributed by atoms with Crippen LogP contribution in [0.5, 0.6) is 5.75 Å². The van der Waals surface area contributed by atoms with Crippen LogP contribution in [-0.4, -0.2) is 42.1 Å². The number of hydrogen-bond donors (Lipinski definition) is 2. The molecule has 0 saturated carbocycles. The first-order valence-electron chi connectivity index (χ1n) is 8.88. The maximum Gasteiger partial charge on any atom is 0.315 e. The molecule has 0 radical (unpaired) electrons. The van der Waals surface area contributed by atoms with E-state index in [9.17, 15) is 4.79 Å². The van der Waals surface area contributed by atoms with Crippen LogP contribution in [0.3, 0.4) is 0 Å². The van der Waals surface area contributed by atoms with Gasteiger partial charge < -0.3 is 19.7 Å². The van der Waals surface area contributed by atoms with Gasteiger partial charge in [0.25, 0.3) is 0 Å². The summed E-state index contributed by atoms with van der Waals surface area (Å²) in [6, 6.07) is 7.99. The van der Waals surface area contributed by atoms with Crippen LogP contribution in [0.4, 0.5) is 0 Å². The Labute approximate surface area is 143 Å². The van der Waals surface area contributed by atoms with Crippen LogP contribution in [-0.2, 0) is 16.0 Å². The molecule has 1 aromatic rings. The summed E-state index contributed by atoms with van der Waals surface area (Å²) >= 11 is 0. The lowest BCUT2D eigenvalue weighted by Gasteiger charge is -2.33. The van der Waals surface area contributed by atoms with Gasteiger partial charge in [-0.3, -0.25) is 4.79 Å². The average Bonchev–Trinajstić information content (AvgIpc) is 2.58. The molecule has 5 nitrogen and oxygen atoms in total. The van der Waals surface area contributed by atoms with Gasteiger partial charge in [0.15, 0.2) is 0 Å². The Hall–Kier alpha value is -1.59. The molecule has 2 N–H and O–H groups in total. The number of rotatable bonds is 12. The molecule has 1 aliphatic rings. The molecule has 0 spiro atoms. The Morgan fingerprint density at radius 3 is 2.62 bits per heavy atom. The van der Waals surface area contributed by atoms with Gasteiger partial charge in [-0.25, -0.2) is 0 Å². The van der Waals surface area contributed by atoms with Crippen molar-refractivity contribution in [3.63, 3.8) is 0 Å². The second-order valence-electron chi connectivity index (χ2n) is 6.29. The summed E-state index contributed by atoms with van der Waals surface area (Å²) in [5, 5.41) is 17.8. The Morgan fingerprint density at radius 2 is 1.88 bits per heavy atom. The largest absolute Gasteiger partial charge is 0.494 e. The highest BCUT2D eigenvalue weighted by atomic mass is 16.6. The summed E-state index contributed by atoms with van der Waals surface area (Å²) in [5.41, 5.74) is 1.15. The molecule has 5 heteroatoms. The first-order chi connectivity index (χ1) is 11.7. The van der Waals surface area contributed by atoms with E-state index in [0.717, 1.165) is 56.3 Å². The SMILES string of the molecule is O=C1O[C@@H](CCc2cccc(OCCCCCCCO)c2)[C@@H]1CO. The van der Waals surface area contributed by atoms with Crippen molar-refractivity contribution in [2.24, 2.45) is 5.92 Å². The Morgan fingerprint density at radius 1 is 1.08 bits per heavy atom. The quantitative estimate of drug-likeness (QED) is 0.453. The fraction of sp³-hybridized carbons (Fsp3) is 0.632. The molecule has 2 atom stereocenters. The van der Waals surface area contributed by atoms with Crippen LogP contribution in [0.2, 0.25) is 0 Å². The van der Waals surface area contributed by atoms with Crippen LogP contribution in [0.15, 0.2) is 24.3 Å². The zero-order chi connectivity index (χ0) is 17.2. The summed E-state index contributed by atoms with van der Waals surface area (Å²) in [7, 11) is 0. The summed E-state index contributed by atoms with van der Waals surface area (Å²) in [5.74, 6) is 0.223. The van der Waals surface area contributed by atoms with Gasteiger partial charge in [0.2, 0.25) is 0 Å². The van der Waals surface area contributed by atoms with Crippen LogP contribution in [0.1, 0.15) is 44.1 Å². The molecule has 1 fully saturated rings. The van der Waals surface area contributed by atoms with Crippen molar-refractivity contribution in [2.75, 3.05) is 19.8 Å². The van der Waals surface area contributed by atoms with Crippen molar-refractivity contribution in [1.29, 1.82) is 0 Å². The number of aliphatic hydroxyl groups is 2. The Bertz CT molecular complexity index is 502. The van der Waals surface area contributed by atoms with Gasteiger partial charge in [-0.1, -0.05) is 31.4 Å². The molecule has 24 heavy (non-hydrogen) atoms. The predicted molar refractivity (Wildman–Crippen MR) is 90.9 cm³/mol. The summed E-state index contributed by atoms with van der Waals surface area (Å²) in [6.07, 6.45) is 6.60. The van der Waals surface area contributed by atoms with Crippen LogP contribution >= 0.6 is 0 Å². The minimum absolute atomic E-state index is 0.134. The number of aryl methyl sites for hydroxylation is 1. The number of benzene rings is 1. The maximum atomic E-state index is 11.2. The van der Waals surface area contributed by atoms with Gasteiger partial charge in [-0.15, -0.1) is 0 Å². The van der Waals surface area contributed by atoms with Crippen molar-refractivity contribution in [3.05, 3.63) is 29.8 Å². The lowest BCUT2D eigenvalue weighted by Crippen LogP contribution is -2.47. The molecule has 134 valence electrons. The fourth-order valence-corrected chi connectivity index (χ4v) is 2.88. The normalized spacial score (nSPS) is 19.7. The van der Waals surface area contributed by atoms with E-state index in [2.05, 4.69) is 0 Å². The van der Waals surface area contributed by atoms with Crippen molar-refractivity contribution in [1.82, 2.24) is 0 Å². The van der Waals surface area contributed by atoms with Crippen molar-refractivity contribution in [3.8, 4) is 5.75 Å². The van der Waals surface area contributed by atoms with E-state index >= 15 is 0 Å². The molecule has 1 aromatic carbocycles. The highest BCUT2D eigenvalue weighted by Gasteiger charge is 2.41. The van der Waals surface area contributed by atoms with Crippen LogP contribution in [0, 0.1) is 5.92 Å². The molecule has 0 bridgehead atoms. The minimum Gasteiger partial charge on any atom is -0.494 e. The molecular formula is C19H28O5. The number of unbranched alkanes of at least 4 members (excludes halogenated alkanes) is 4. The zero-order valence-electron chi connectivity index (χ0n) is 14.2. The lowest BCUT2D eigenvalue weighted by atomic mass is 9.92. The van der Waals surface area contributed by atoms with Gasteiger partial charge in [0, 0.05) is 6.61 Å². The minimum atomic E-state index is -0.352. The number of carbonyl (C=O) groups is 1. The summed E-state index contributed by atoms with van der Waals surface area (Å²) in [6.45, 7) is 0.850. The average molecular weight is 336 g/mol.